The summed E-state index contributed by atoms with van der Waals surface area (Å²) in [5.41, 5.74) is 4.93. The predicted octanol–water partition coefficient (Wildman–Crippen LogP) is 7.02. The van der Waals surface area contributed by atoms with E-state index in [0.717, 1.165) is 53.5 Å². The number of anilines is 1. The molecule has 0 fully saturated rings. The normalized spacial score (nSPS) is 20.9. The van der Waals surface area contributed by atoms with Crippen molar-refractivity contribution in [3.8, 4) is 17.2 Å². The summed E-state index contributed by atoms with van der Waals surface area (Å²) in [4.78, 5) is 44.4. The number of allylic oxidation sites excluding steroid dienone is 2. The Morgan fingerprint density at radius 3 is 2.51 bits per heavy atom. The summed E-state index contributed by atoms with van der Waals surface area (Å²) >= 11 is 0. The monoisotopic (exact) mass is 780 g/mol. The van der Waals surface area contributed by atoms with Gasteiger partial charge >= 0.3 is 5.97 Å². The van der Waals surface area contributed by atoms with Gasteiger partial charge in [-0.15, -0.1) is 0 Å². The van der Waals surface area contributed by atoms with E-state index in [1.54, 1.807) is 13.0 Å². The molecule has 12 heteroatoms. The van der Waals surface area contributed by atoms with Crippen molar-refractivity contribution in [2.45, 2.75) is 90.7 Å². The first-order valence-electron chi connectivity index (χ1n) is 20.0. The third-order valence-electron chi connectivity index (χ3n) is 11.5. The van der Waals surface area contributed by atoms with Gasteiger partial charge in [-0.1, -0.05) is 31.6 Å². The number of carbonyl (C=O) groups is 3. The van der Waals surface area contributed by atoms with Gasteiger partial charge in [0.25, 0.3) is 0 Å². The Morgan fingerprint density at radius 2 is 1.79 bits per heavy atom. The maximum atomic E-state index is 14.2. The number of nitrogens with zero attached hydrogens (tertiary/aromatic N) is 2. The zero-order valence-electron chi connectivity index (χ0n) is 33.4. The number of aliphatic hydroxyl groups is 1. The van der Waals surface area contributed by atoms with E-state index in [0.29, 0.717) is 37.9 Å². The van der Waals surface area contributed by atoms with Crippen LogP contribution in [0.2, 0.25) is 0 Å². The number of benzene rings is 2. The lowest BCUT2D eigenvalue weighted by atomic mass is 9.85. The van der Waals surface area contributed by atoms with E-state index in [1.807, 2.05) is 35.2 Å². The predicted molar refractivity (Wildman–Crippen MR) is 219 cm³/mol. The molecular weight excluding hydrogens is 725 g/mol. The summed E-state index contributed by atoms with van der Waals surface area (Å²) in [5, 5.41) is 36.9. The lowest BCUT2D eigenvalue weighted by Gasteiger charge is -2.32. The maximum absolute atomic E-state index is 14.2. The summed E-state index contributed by atoms with van der Waals surface area (Å²) in [6, 6.07) is 8.41. The molecule has 0 aliphatic carbocycles. The Labute approximate surface area is 334 Å². The molecule has 0 saturated heterocycles. The second-order valence-corrected chi connectivity index (χ2v) is 15.5. The molecule has 4 aromatic rings. The van der Waals surface area contributed by atoms with Crippen LogP contribution in [0, 0.1) is 11.8 Å². The van der Waals surface area contributed by atoms with E-state index in [-0.39, 0.29) is 54.3 Å². The maximum Gasteiger partial charge on any atom is 0.302 e. The van der Waals surface area contributed by atoms with Gasteiger partial charge in [0, 0.05) is 81.4 Å². The molecule has 4 atom stereocenters. The molecule has 2 aromatic heterocycles. The van der Waals surface area contributed by atoms with Crippen LogP contribution in [0.5, 0.6) is 17.2 Å². The summed E-state index contributed by atoms with van der Waals surface area (Å²) < 4.78 is 13.1. The molecule has 4 bridgehead atoms. The third kappa shape index (κ3) is 9.91. The van der Waals surface area contributed by atoms with Gasteiger partial charge in [-0.3, -0.25) is 14.4 Å². The first kappa shape index (κ1) is 41.2. The molecular formula is C45H56N4O8. The number of aromatic amines is 1. The SMILES string of the molecule is CC[C@@H]1CC[C@@H](OC(C)=O)CC(=O)C[C@H](c2cc(O)c(O)c(OC)c2)n2cc3cccc(c3c2)N(CCC(C)=O)C2=CC(=CCN2)[C@H](CCO)Cc2c[nH]cc2C1. The minimum atomic E-state index is -0.632. The van der Waals surface area contributed by atoms with E-state index in [4.69, 9.17) is 9.47 Å². The van der Waals surface area contributed by atoms with Crippen molar-refractivity contribution in [1.29, 1.82) is 0 Å². The molecule has 2 aliphatic rings. The smallest absolute Gasteiger partial charge is 0.302 e. The van der Waals surface area contributed by atoms with Gasteiger partial charge < -0.3 is 44.6 Å². The van der Waals surface area contributed by atoms with Crippen LogP contribution in [0.1, 0.15) is 88.4 Å². The standard InChI is InChI=1S/C45H56N4O8/c1-5-30-9-10-38(57-29(3)52)22-37(53)23-41(34-19-42(54)45(55)43(20-34)56-4)48-26-33-7-6-8-40(39(33)27-48)49(15-12-28(2)51)44-21-31(11-14-47-44)32(13-16-50)18-36-25-46-24-35(36)17-30/h6-8,11,19-21,24-27,30,32,38,41,46-47,50,54-55H,5,9-10,12-18,22-23H2,1-4H3/t30-,32-,38-,41-/m1/s1. The van der Waals surface area contributed by atoms with E-state index >= 15 is 0 Å². The average Bonchev–Trinajstić information content (AvgIpc) is 3.82. The number of dihydropyridines is 1. The van der Waals surface area contributed by atoms with Crippen LogP contribution < -0.4 is 15.0 Å². The number of ether oxygens (including phenoxy) is 2. The largest absolute Gasteiger partial charge is 0.504 e. The van der Waals surface area contributed by atoms with E-state index in [1.165, 1.54) is 31.2 Å². The Kier molecular flexibility index (Phi) is 13.5. The highest BCUT2D eigenvalue weighted by Gasteiger charge is 2.28. The van der Waals surface area contributed by atoms with Gasteiger partial charge in [-0.05, 0) is 97.4 Å². The van der Waals surface area contributed by atoms with Gasteiger partial charge in [-0.25, -0.2) is 0 Å². The Hall–Kier alpha value is -5.49. The van der Waals surface area contributed by atoms with Crippen molar-refractivity contribution in [3.05, 3.63) is 95.4 Å². The van der Waals surface area contributed by atoms with Crippen molar-refractivity contribution < 1.29 is 39.2 Å². The van der Waals surface area contributed by atoms with E-state index < -0.39 is 23.9 Å². The molecule has 0 radical (unpaired) electrons. The fourth-order valence-electron chi connectivity index (χ4n) is 8.37. The number of methoxy groups -OCH3 is 1. The number of aromatic nitrogens is 2. The number of hydrogen-bond donors (Lipinski definition) is 5. The number of nitrogens with one attached hydrogen (secondary N) is 2. The Morgan fingerprint density at radius 1 is 1.00 bits per heavy atom. The molecule has 4 heterocycles. The number of fused-ring (bicyclic) bond motifs is 3. The van der Waals surface area contributed by atoms with E-state index in [9.17, 15) is 29.7 Å². The summed E-state index contributed by atoms with van der Waals surface area (Å²) in [7, 11) is 1.40. The second-order valence-electron chi connectivity index (χ2n) is 15.5. The van der Waals surface area contributed by atoms with Crippen molar-refractivity contribution in [2.24, 2.45) is 11.8 Å². The van der Waals surface area contributed by atoms with Crippen LogP contribution in [-0.2, 0) is 32.0 Å². The zero-order valence-corrected chi connectivity index (χ0v) is 33.4. The van der Waals surface area contributed by atoms with Gasteiger partial charge in [0.15, 0.2) is 11.5 Å². The highest BCUT2D eigenvalue weighted by molar-refractivity contribution is 5.95. The number of hydrogen-bond acceptors (Lipinski definition) is 10. The molecule has 0 unspecified atom stereocenters. The fraction of sp³-hybridized carbons (Fsp3) is 0.444. The van der Waals surface area contributed by atoms with Crippen LogP contribution in [-0.4, -0.2) is 75.3 Å². The zero-order chi connectivity index (χ0) is 40.6. The quantitative estimate of drug-likeness (QED) is 0.0880. The highest BCUT2D eigenvalue weighted by atomic mass is 16.5. The molecule has 12 nitrogen and oxygen atoms in total. The topological polar surface area (TPSA) is 166 Å². The minimum absolute atomic E-state index is 0.00648. The number of esters is 1. The van der Waals surface area contributed by atoms with Crippen molar-refractivity contribution in [2.75, 3.05) is 31.7 Å². The summed E-state index contributed by atoms with van der Waals surface area (Å²) in [6.45, 7) is 6.14. The van der Waals surface area contributed by atoms with Gasteiger partial charge in [0.1, 0.15) is 23.5 Å². The Bertz CT molecular complexity index is 2130. The minimum Gasteiger partial charge on any atom is -0.504 e. The van der Waals surface area contributed by atoms with Crippen LogP contribution in [0.3, 0.4) is 0 Å². The van der Waals surface area contributed by atoms with E-state index in [2.05, 4.69) is 46.7 Å². The highest BCUT2D eigenvalue weighted by Crippen LogP contribution is 2.41. The number of rotatable bonds is 9. The molecule has 0 amide bonds. The van der Waals surface area contributed by atoms with Crippen molar-refractivity contribution in [3.63, 3.8) is 0 Å². The van der Waals surface area contributed by atoms with Crippen LogP contribution in [0.15, 0.2) is 78.7 Å². The molecule has 2 aromatic carbocycles. The Balaban J connectivity index is 1.51. The lowest BCUT2D eigenvalue weighted by Crippen LogP contribution is -2.36. The van der Waals surface area contributed by atoms with Crippen LogP contribution in [0.25, 0.3) is 10.8 Å². The first-order valence-corrected chi connectivity index (χ1v) is 20.0. The number of aliphatic hydroxyl groups excluding tert-OH is 1. The number of carbonyl (C=O) groups excluding carboxylic acids is 3. The van der Waals surface area contributed by atoms with Crippen molar-refractivity contribution >= 4 is 34.0 Å². The number of phenols is 2. The number of H-pyrrole nitrogens is 1. The first-order chi connectivity index (χ1) is 27.5. The van der Waals surface area contributed by atoms with Gasteiger partial charge in [0.2, 0.25) is 5.75 Å². The van der Waals surface area contributed by atoms with Crippen LogP contribution in [0.4, 0.5) is 5.69 Å². The molecule has 6 rings (SSSR count). The summed E-state index contributed by atoms with van der Waals surface area (Å²) in [6.07, 6.45) is 16.4. The third-order valence-corrected chi connectivity index (χ3v) is 11.5. The van der Waals surface area contributed by atoms with Crippen molar-refractivity contribution in [1.82, 2.24) is 14.9 Å². The van der Waals surface area contributed by atoms with Gasteiger partial charge in [-0.2, -0.15) is 0 Å². The molecule has 2 aliphatic heterocycles. The van der Waals surface area contributed by atoms with Gasteiger partial charge in [0.05, 0.1) is 18.8 Å². The lowest BCUT2D eigenvalue weighted by molar-refractivity contribution is -0.148. The molecule has 0 saturated carbocycles. The number of aromatic hydroxyl groups is 2. The van der Waals surface area contributed by atoms with Crippen LogP contribution >= 0.6 is 0 Å². The number of Topliss-reactive ketones (excluding diaryl/α,β-unsaturated/α-hetero) is 2. The molecule has 0 spiro atoms. The molecule has 304 valence electrons. The molecule has 57 heavy (non-hydrogen) atoms. The summed E-state index contributed by atoms with van der Waals surface area (Å²) in [5.74, 6) is -0.0486. The fourth-order valence-corrected chi connectivity index (χ4v) is 8.37. The average molecular weight is 781 g/mol. The number of phenolic OH excluding ortho intramolecular Hbond substituents is 2. The molecule has 5 N–H and O–H groups in total. The second kappa shape index (κ2) is 18.6. The number of ketones is 2.